The molecule has 4 nitrogen and oxygen atoms in total. The Labute approximate surface area is 115 Å². The van der Waals surface area contributed by atoms with Gasteiger partial charge in [0.05, 0.1) is 0 Å². The number of para-hydroxylation sites is 1. The zero-order chi connectivity index (χ0) is 13.9. The molecule has 1 N–H and O–H groups in total. The van der Waals surface area contributed by atoms with Crippen LogP contribution in [0.25, 0.3) is 0 Å². The summed E-state index contributed by atoms with van der Waals surface area (Å²) in [6.07, 6.45) is 0.931. The maximum atomic E-state index is 11.3. The Morgan fingerprint density at radius 2 is 2.00 bits per heavy atom. The summed E-state index contributed by atoms with van der Waals surface area (Å²) in [7, 11) is 0. The molecule has 4 heteroatoms. The lowest BCUT2D eigenvalue weighted by molar-refractivity contribution is -0.125. The summed E-state index contributed by atoms with van der Waals surface area (Å²) in [4.78, 5) is 13.6. The minimum atomic E-state index is -0.0374. The summed E-state index contributed by atoms with van der Waals surface area (Å²) in [6.45, 7) is 7.35. The van der Waals surface area contributed by atoms with E-state index in [1.807, 2.05) is 25.1 Å². The number of rotatable bonds is 9. The van der Waals surface area contributed by atoms with Crippen LogP contribution in [0.1, 0.15) is 20.3 Å². The molecule has 106 valence electrons. The predicted molar refractivity (Wildman–Crippen MR) is 78.4 cm³/mol. The van der Waals surface area contributed by atoms with Crippen molar-refractivity contribution in [3.8, 4) is 0 Å². The van der Waals surface area contributed by atoms with Crippen molar-refractivity contribution in [3.63, 3.8) is 0 Å². The maximum Gasteiger partial charge on any atom is 0.245 e. The number of hydrogen-bond acceptors (Lipinski definition) is 3. The highest BCUT2D eigenvalue weighted by Gasteiger charge is 2.04. The first kappa shape index (κ1) is 15.5. The molecule has 0 aliphatic rings. The van der Waals surface area contributed by atoms with Gasteiger partial charge in [0.15, 0.2) is 0 Å². The third-order valence-electron chi connectivity index (χ3n) is 2.87. The van der Waals surface area contributed by atoms with E-state index in [-0.39, 0.29) is 12.5 Å². The second-order valence-corrected chi connectivity index (χ2v) is 4.26. The Morgan fingerprint density at radius 1 is 1.26 bits per heavy atom. The maximum absolute atomic E-state index is 11.3. The van der Waals surface area contributed by atoms with E-state index in [0.29, 0.717) is 13.2 Å². The highest BCUT2D eigenvalue weighted by atomic mass is 16.5. The minimum Gasteiger partial charge on any atom is -0.372 e. The standard InChI is InChI=1S/C15H24N2O2/c1-3-17(14-9-6-5-7-10-14)12-8-11-16-15(18)13-19-4-2/h5-7,9-10H,3-4,8,11-13H2,1-2H3,(H,16,18). The van der Waals surface area contributed by atoms with Crippen LogP contribution in [0.5, 0.6) is 0 Å². The third-order valence-corrected chi connectivity index (χ3v) is 2.87. The smallest absolute Gasteiger partial charge is 0.245 e. The fourth-order valence-electron chi connectivity index (χ4n) is 1.85. The van der Waals surface area contributed by atoms with Crippen LogP contribution in [-0.4, -0.2) is 38.8 Å². The van der Waals surface area contributed by atoms with E-state index in [2.05, 4.69) is 29.3 Å². The lowest BCUT2D eigenvalue weighted by Gasteiger charge is -2.23. The number of nitrogens with one attached hydrogen (secondary N) is 1. The summed E-state index contributed by atoms with van der Waals surface area (Å²) >= 11 is 0. The van der Waals surface area contributed by atoms with Gasteiger partial charge in [0.25, 0.3) is 0 Å². The first-order valence-corrected chi connectivity index (χ1v) is 6.92. The molecule has 0 unspecified atom stereocenters. The zero-order valence-electron chi connectivity index (χ0n) is 11.9. The van der Waals surface area contributed by atoms with Crippen LogP contribution in [-0.2, 0) is 9.53 Å². The third kappa shape index (κ3) is 6.25. The Kier molecular flexibility index (Phi) is 7.66. The quantitative estimate of drug-likeness (QED) is 0.694. The molecular weight excluding hydrogens is 240 g/mol. The highest BCUT2D eigenvalue weighted by molar-refractivity contribution is 5.77. The molecule has 0 heterocycles. The van der Waals surface area contributed by atoms with Gasteiger partial charge in [0, 0.05) is 31.9 Å². The molecule has 0 atom stereocenters. The van der Waals surface area contributed by atoms with Gasteiger partial charge < -0.3 is 15.0 Å². The fraction of sp³-hybridized carbons (Fsp3) is 0.533. The summed E-state index contributed by atoms with van der Waals surface area (Å²) < 4.78 is 5.04. The monoisotopic (exact) mass is 264 g/mol. The highest BCUT2D eigenvalue weighted by Crippen LogP contribution is 2.12. The largest absolute Gasteiger partial charge is 0.372 e. The van der Waals surface area contributed by atoms with Gasteiger partial charge in [0.2, 0.25) is 5.91 Å². The molecule has 1 amide bonds. The van der Waals surface area contributed by atoms with Gasteiger partial charge in [-0.05, 0) is 32.4 Å². The first-order valence-electron chi connectivity index (χ1n) is 6.92. The van der Waals surface area contributed by atoms with Crippen molar-refractivity contribution in [1.82, 2.24) is 5.32 Å². The van der Waals surface area contributed by atoms with E-state index in [4.69, 9.17) is 4.74 Å². The topological polar surface area (TPSA) is 41.6 Å². The molecule has 1 rings (SSSR count). The van der Waals surface area contributed by atoms with Crippen molar-refractivity contribution in [2.45, 2.75) is 20.3 Å². The fourth-order valence-corrected chi connectivity index (χ4v) is 1.85. The number of nitrogens with zero attached hydrogens (tertiary/aromatic N) is 1. The number of anilines is 1. The summed E-state index contributed by atoms with van der Waals surface area (Å²) in [5, 5.41) is 2.86. The molecule has 19 heavy (non-hydrogen) atoms. The number of benzene rings is 1. The first-order chi connectivity index (χ1) is 9.27. The van der Waals surface area contributed by atoms with E-state index in [0.717, 1.165) is 19.5 Å². The molecule has 0 fully saturated rings. The Hall–Kier alpha value is -1.55. The van der Waals surface area contributed by atoms with Gasteiger partial charge in [-0.2, -0.15) is 0 Å². The Bertz CT molecular complexity index is 354. The molecule has 0 saturated carbocycles. The zero-order valence-corrected chi connectivity index (χ0v) is 11.9. The van der Waals surface area contributed by atoms with Crippen LogP contribution in [0.4, 0.5) is 5.69 Å². The second-order valence-electron chi connectivity index (χ2n) is 4.26. The molecule has 1 aromatic rings. The van der Waals surface area contributed by atoms with Crippen LogP contribution in [0.3, 0.4) is 0 Å². The van der Waals surface area contributed by atoms with Crippen molar-refractivity contribution in [2.75, 3.05) is 37.7 Å². The van der Waals surface area contributed by atoms with E-state index in [1.54, 1.807) is 0 Å². The molecule has 0 aliphatic heterocycles. The lowest BCUT2D eigenvalue weighted by atomic mass is 10.2. The second kappa shape index (κ2) is 9.39. The van der Waals surface area contributed by atoms with Gasteiger partial charge in [-0.15, -0.1) is 0 Å². The van der Waals surface area contributed by atoms with Crippen LogP contribution < -0.4 is 10.2 Å². The van der Waals surface area contributed by atoms with Gasteiger partial charge in [0.1, 0.15) is 6.61 Å². The molecule has 0 radical (unpaired) electrons. The van der Waals surface area contributed by atoms with Gasteiger partial charge in [-0.3, -0.25) is 4.79 Å². The van der Waals surface area contributed by atoms with Gasteiger partial charge >= 0.3 is 0 Å². The number of ether oxygens (including phenoxy) is 1. The molecular formula is C15H24N2O2. The molecule has 1 aromatic carbocycles. The van der Waals surface area contributed by atoms with Crippen molar-refractivity contribution < 1.29 is 9.53 Å². The van der Waals surface area contributed by atoms with Crippen LogP contribution in [0, 0.1) is 0 Å². The summed E-state index contributed by atoms with van der Waals surface area (Å²) in [6, 6.07) is 10.3. The average molecular weight is 264 g/mol. The van der Waals surface area contributed by atoms with E-state index in [1.165, 1.54) is 5.69 Å². The van der Waals surface area contributed by atoms with Crippen molar-refractivity contribution in [1.29, 1.82) is 0 Å². The van der Waals surface area contributed by atoms with E-state index >= 15 is 0 Å². The minimum absolute atomic E-state index is 0.0374. The lowest BCUT2D eigenvalue weighted by Crippen LogP contribution is -2.31. The molecule has 0 saturated heterocycles. The van der Waals surface area contributed by atoms with Crippen molar-refractivity contribution >= 4 is 11.6 Å². The molecule has 0 spiro atoms. The summed E-state index contributed by atoms with van der Waals surface area (Å²) in [5.74, 6) is -0.0374. The van der Waals surface area contributed by atoms with Crippen LogP contribution in [0.15, 0.2) is 30.3 Å². The molecule has 0 aromatic heterocycles. The normalized spacial score (nSPS) is 10.2. The number of carbonyl (C=O) groups excluding carboxylic acids is 1. The SMILES string of the molecule is CCOCC(=O)NCCCN(CC)c1ccccc1. The van der Waals surface area contributed by atoms with Crippen LogP contribution >= 0.6 is 0 Å². The molecule has 0 bridgehead atoms. The van der Waals surface area contributed by atoms with Gasteiger partial charge in [-0.25, -0.2) is 0 Å². The molecule has 0 aliphatic carbocycles. The average Bonchev–Trinajstić information content (AvgIpc) is 2.46. The number of hydrogen-bond donors (Lipinski definition) is 1. The number of amides is 1. The Morgan fingerprint density at radius 3 is 2.63 bits per heavy atom. The van der Waals surface area contributed by atoms with Crippen molar-refractivity contribution in [2.24, 2.45) is 0 Å². The predicted octanol–water partition coefficient (Wildman–Crippen LogP) is 2.06. The summed E-state index contributed by atoms with van der Waals surface area (Å²) in [5.41, 5.74) is 1.23. The number of carbonyl (C=O) groups is 1. The van der Waals surface area contributed by atoms with E-state index in [9.17, 15) is 4.79 Å². The van der Waals surface area contributed by atoms with Gasteiger partial charge in [-0.1, -0.05) is 18.2 Å². The van der Waals surface area contributed by atoms with E-state index < -0.39 is 0 Å². The Balaban J connectivity index is 2.22. The van der Waals surface area contributed by atoms with Crippen molar-refractivity contribution in [3.05, 3.63) is 30.3 Å². The van der Waals surface area contributed by atoms with Crippen LogP contribution in [0.2, 0.25) is 0 Å².